The molecule has 1 aromatic carbocycles. The van der Waals surface area contributed by atoms with Crippen LogP contribution in [-0.2, 0) is 9.47 Å². The lowest BCUT2D eigenvalue weighted by molar-refractivity contribution is -0.137. The van der Waals surface area contributed by atoms with E-state index in [-0.39, 0.29) is 6.10 Å². The van der Waals surface area contributed by atoms with Crippen molar-refractivity contribution in [1.29, 1.82) is 0 Å². The largest absolute Gasteiger partial charge is 0.348 e. The lowest BCUT2D eigenvalue weighted by atomic mass is 10.1. The van der Waals surface area contributed by atoms with Crippen molar-refractivity contribution < 1.29 is 9.47 Å². The Labute approximate surface area is 103 Å². The fourth-order valence-corrected chi connectivity index (χ4v) is 2.03. The third-order valence-electron chi connectivity index (χ3n) is 3.02. The first-order chi connectivity index (χ1) is 8.07. The molecule has 1 heterocycles. The molecule has 0 aromatic heterocycles. The molecule has 0 radical (unpaired) electrons. The fourth-order valence-electron chi connectivity index (χ4n) is 2.03. The average Bonchev–Trinajstić information content (AvgIpc) is 2.67. The monoisotopic (exact) mass is 235 g/mol. The number of ether oxygens (including phenoxy) is 2. The maximum Gasteiger partial charge on any atom is 0.163 e. The summed E-state index contributed by atoms with van der Waals surface area (Å²) < 4.78 is 11.3. The second-order valence-electron chi connectivity index (χ2n) is 4.99. The van der Waals surface area contributed by atoms with Gasteiger partial charge in [-0.05, 0) is 26.3 Å². The van der Waals surface area contributed by atoms with Gasteiger partial charge in [0.05, 0.1) is 12.7 Å². The molecule has 3 heteroatoms. The van der Waals surface area contributed by atoms with E-state index in [1.54, 1.807) is 0 Å². The third kappa shape index (κ3) is 3.53. The van der Waals surface area contributed by atoms with Gasteiger partial charge in [0.15, 0.2) is 5.79 Å². The van der Waals surface area contributed by atoms with E-state index in [0.29, 0.717) is 12.6 Å². The molecule has 2 atom stereocenters. The van der Waals surface area contributed by atoms with Crippen LogP contribution >= 0.6 is 0 Å². The Hall–Kier alpha value is -0.900. The second-order valence-corrected chi connectivity index (χ2v) is 4.99. The van der Waals surface area contributed by atoms with Crippen LogP contribution in [0.2, 0.25) is 0 Å². The Kier molecular flexibility index (Phi) is 3.82. The van der Waals surface area contributed by atoms with Crippen molar-refractivity contribution in [3.8, 4) is 0 Å². The molecule has 0 bridgehead atoms. The van der Waals surface area contributed by atoms with Crippen LogP contribution in [0.1, 0.15) is 32.4 Å². The second kappa shape index (κ2) is 5.17. The van der Waals surface area contributed by atoms with Crippen molar-refractivity contribution in [2.24, 2.45) is 0 Å². The highest BCUT2D eigenvalue weighted by atomic mass is 16.7. The van der Waals surface area contributed by atoms with Crippen LogP contribution in [0.25, 0.3) is 0 Å². The molecule has 1 fully saturated rings. The molecule has 0 saturated carbocycles. The van der Waals surface area contributed by atoms with Crippen molar-refractivity contribution in [1.82, 2.24) is 5.32 Å². The molecular weight excluding hydrogens is 214 g/mol. The van der Waals surface area contributed by atoms with Gasteiger partial charge in [-0.25, -0.2) is 0 Å². The first-order valence-corrected chi connectivity index (χ1v) is 6.17. The van der Waals surface area contributed by atoms with Gasteiger partial charge in [-0.1, -0.05) is 30.3 Å². The standard InChI is InChI=1S/C14H21NO2/c1-11(12-7-5-4-6-8-12)15-9-13-10-16-14(2,3)17-13/h4-8,11,13,15H,9-10H2,1-3H3. The predicted octanol–water partition coefficient (Wildman–Crippen LogP) is 2.49. The number of hydrogen-bond donors (Lipinski definition) is 1. The van der Waals surface area contributed by atoms with E-state index in [1.807, 2.05) is 19.9 Å². The first kappa shape index (κ1) is 12.6. The van der Waals surface area contributed by atoms with Gasteiger partial charge in [0.25, 0.3) is 0 Å². The van der Waals surface area contributed by atoms with Crippen LogP contribution in [0.3, 0.4) is 0 Å². The maximum atomic E-state index is 5.75. The summed E-state index contributed by atoms with van der Waals surface area (Å²) in [5, 5.41) is 3.47. The number of nitrogens with one attached hydrogen (secondary N) is 1. The van der Waals surface area contributed by atoms with Gasteiger partial charge < -0.3 is 14.8 Å². The maximum absolute atomic E-state index is 5.75. The van der Waals surface area contributed by atoms with E-state index in [1.165, 1.54) is 5.56 Å². The number of rotatable bonds is 4. The van der Waals surface area contributed by atoms with Crippen molar-refractivity contribution in [3.63, 3.8) is 0 Å². The Bertz CT molecular complexity index is 350. The molecule has 2 rings (SSSR count). The van der Waals surface area contributed by atoms with Gasteiger partial charge >= 0.3 is 0 Å². The molecule has 17 heavy (non-hydrogen) atoms. The smallest absolute Gasteiger partial charge is 0.163 e. The van der Waals surface area contributed by atoms with Crippen LogP contribution in [0, 0.1) is 0 Å². The number of benzene rings is 1. The van der Waals surface area contributed by atoms with Gasteiger partial charge in [0.1, 0.15) is 0 Å². The van der Waals surface area contributed by atoms with Crippen molar-refractivity contribution >= 4 is 0 Å². The van der Waals surface area contributed by atoms with E-state index in [0.717, 1.165) is 6.54 Å². The topological polar surface area (TPSA) is 30.5 Å². The molecule has 0 spiro atoms. The Morgan fingerprint density at radius 3 is 2.65 bits per heavy atom. The molecule has 1 aromatic rings. The summed E-state index contributed by atoms with van der Waals surface area (Å²) in [7, 11) is 0. The van der Waals surface area contributed by atoms with Crippen molar-refractivity contribution in [3.05, 3.63) is 35.9 Å². The van der Waals surface area contributed by atoms with E-state index in [2.05, 4.69) is 36.5 Å². The highest BCUT2D eigenvalue weighted by molar-refractivity contribution is 5.17. The fraction of sp³-hybridized carbons (Fsp3) is 0.571. The summed E-state index contributed by atoms with van der Waals surface area (Å²) in [6.45, 7) is 7.55. The van der Waals surface area contributed by atoms with Crippen LogP contribution in [0.5, 0.6) is 0 Å². The normalized spacial score (nSPS) is 24.8. The van der Waals surface area contributed by atoms with Crippen LogP contribution in [0.15, 0.2) is 30.3 Å². The summed E-state index contributed by atoms with van der Waals surface area (Å²) in [5.41, 5.74) is 1.30. The summed E-state index contributed by atoms with van der Waals surface area (Å²) in [4.78, 5) is 0. The molecule has 0 amide bonds. The van der Waals surface area contributed by atoms with Crippen LogP contribution in [-0.4, -0.2) is 25.0 Å². The molecule has 1 saturated heterocycles. The SMILES string of the molecule is CC(NCC1COC(C)(C)O1)c1ccccc1. The molecule has 2 unspecified atom stereocenters. The van der Waals surface area contributed by atoms with Crippen LogP contribution < -0.4 is 5.32 Å². The molecular formula is C14H21NO2. The minimum absolute atomic E-state index is 0.149. The van der Waals surface area contributed by atoms with Gasteiger partial charge in [-0.2, -0.15) is 0 Å². The summed E-state index contributed by atoms with van der Waals surface area (Å²) in [6.07, 6.45) is 0.149. The highest BCUT2D eigenvalue weighted by Gasteiger charge is 2.32. The van der Waals surface area contributed by atoms with E-state index in [4.69, 9.17) is 9.47 Å². The Balaban J connectivity index is 1.79. The van der Waals surface area contributed by atoms with Crippen molar-refractivity contribution in [2.75, 3.05) is 13.2 Å². The van der Waals surface area contributed by atoms with Crippen LogP contribution in [0.4, 0.5) is 0 Å². The zero-order chi connectivity index (χ0) is 12.3. The zero-order valence-corrected chi connectivity index (χ0v) is 10.8. The predicted molar refractivity (Wildman–Crippen MR) is 67.8 cm³/mol. The molecule has 1 aliphatic rings. The minimum atomic E-state index is -0.428. The molecule has 94 valence electrons. The molecule has 1 N–H and O–H groups in total. The summed E-state index contributed by atoms with van der Waals surface area (Å²) in [5.74, 6) is -0.428. The van der Waals surface area contributed by atoms with Gasteiger partial charge in [0.2, 0.25) is 0 Å². The van der Waals surface area contributed by atoms with Crippen molar-refractivity contribution in [2.45, 2.75) is 38.7 Å². The first-order valence-electron chi connectivity index (χ1n) is 6.17. The van der Waals surface area contributed by atoms with E-state index < -0.39 is 5.79 Å². The van der Waals surface area contributed by atoms with E-state index in [9.17, 15) is 0 Å². The lowest BCUT2D eigenvalue weighted by Gasteiger charge is -2.19. The average molecular weight is 235 g/mol. The lowest BCUT2D eigenvalue weighted by Crippen LogP contribution is -2.32. The highest BCUT2D eigenvalue weighted by Crippen LogP contribution is 2.22. The molecule has 3 nitrogen and oxygen atoms in total. The van der Waals surface area contributed by atoms with E-state index >= 15 is 0 Å². The minimum Gasteiger partial charge on any atom is -0.348 e. The van der Waals surface area contributed by atoms with Gasteiger partial charge in [-0.3, -0.25) is 0 Å². The summed E-state index contributed by atoms with van der Waals surface area (Å²) in [6, 6.07) is 10.8. The third-order valence-corrected chi connectivity index (χ3v) is 3.02. The number of hydrogen-bond acceptors (Lipinski definition) is 3. The Morgan fingerprint density at radius 2 is 2.06 bits per heavy atom. The Morgan fingerprint density at radius 1 is 1.35 bits per heavy atom. The molecule has 1 aliphatic heterocycles. The quantitative estimate of drug-likeness (QED) is 0.869. The zero-order valence-electron chi connectivity index (χ0n) is 10.8. The molecule has 0 aliphatic carbocycles. The summed E-state index contributed by atoms with van der Waals surface area (Å²) >= 11 is 0. The van der Waals surface area contributed by atoms with Gasteiger partial charge in [-0.15, -0.1) is 0 Å². The van der Waals surface area contributed by atoms with Gasteiger partial charge in [0, 0.05) is 12.6 Å².